The maximum Gasteiger partial charge on any atom is 0.213 e. The summed E-state index contributed by atoms with van der Waals surface area (Å²) in [4.78, 5) is 6.23. The minimum atomic E-state index is -3.26. The largest absolute Gasteiger partial charge is 0.377 e. The Morgan fingerprint density at radius 3 is 2.95 bits per heavy atom. The molecule has 20 heavy (non-hydrogen) atoms. The molecule has 0 aromatic carbocycles. The van der Waals surface area contributed by atoms with Crippen LogP contribution in [-0.4, -0.2) is 71.0 Å². The van der Waals surface area contributed by atoms with Gasteiger partial charge in [-0.05, 0) is 19.3 Å². The average Bonchev–Trinajstić information content (AvgIpc) is 2.83. The van der Waals surface area contributed by atoms with Gasteiger partial charge in [-0.15, -0.1) is 0 Å². The van der Waals surface area contributed by atoms with Crippen molar-refractivity contribution < 1.29 is 13.2 Å². The van der Waals surface area contributed by atoms with Crippen molar-refractivity contribution >= 4 is 16.0 Å². The monoisotopic (exact) mass is 304 g/mol. The molecule has 8 heteroatoms. The number of ether oxygens (including phenoxy) is 1. The van der Waals surface area contributed by atoms with Crippen LogP contribution < -0.4 is 10.0 Å². The van der Waals surface area contributed by atoms with E-state index in [1.807, 2.05) is 11.9 Å². The molecule has 2 heterocycles. The van der Waals surface area contributed by atoms with Crippen LogP contribution in [-0.2, 0) is 14.8 Å². The van der Waals surface area contributed by atoms with Gasteiger partial charge in [-0.2, -0.15) is 0 Å². The van der Waals surface area contributed by atoms with E-state index >= 15 is 0 Å². The predicted molar refractivity (Wildman–Crippen MR) is 78.3 cm³/mol. The highest BCUT2D eigenvalue weighted by Gasteiger charge is 2.18. The van der Waals surface area contributed by atoms with Gasteiger partial charge in [-0.1, -0.05) is 0 Å². The van der Waals surface area contributed by atoms with Crippen molar-refractivity contribution in [1.29, 1.82) is 0 Å². The number of hydrogen-bond donors (Lipinski definition) is 2. The molecule has 2 aliphatic heterocycles. The van der Waals surface area contributed by atoms with Crippen LogP contribution in [0.3, 0.4) is 0 Å². The SMILES string of the molecule is CN1CCN=C1NCCS(=O)(=O)NCC1CCCCO1. The summed E-state index contributed by atoms with van der Waals surface area (Å²) < 4.78 is 31.9. The maximum absolute atomic E-state index is 11.9. The molecule has 0 amide bonds. The molecule has 1 fully saturated rings. The van der Waals surface area contributed by atoms with Crippen molar-refractivity contribution in [1.82, 2.24) is 14.9 Å². The van der Waals surface area contributed by atoms with Gasteiger partial charge in [0.2, 0.25) is 10.0 Å². The van der Waals surface area contributed by atoms with Gasteiger partial charge in [-0.3, -0.25) is 4.99 Å². The molecule has 116 valence electrons. The second-order valence-corrected chi connectivity index (χ2v) is 7.14. The first-order valence-corrected chi connectivity index (χ1v) is 8.80. The van der Waals surface area contributed by atoms with E-state index in [0.29, 0.717) is 13.1 Å². The maximum atomic E-state index is 11.9. The molecule has 2 N–H and O–H groups in total. The lowest BCUT2D eigenvalue weighted by molar-refractivity contribution is 0.0200. The van der Waals surface area contributed by atoms with E-state index in [-0.39, 0.29) is 11.9 Å². The summed E-state index contributed by atoms with van der Waals surface area (Å²) in [6, 6.07) is 0. The zero-order chi connectivity index (χ0) is 14.4. The molecule has 0 radical (unpaired) electrons. The molecular weight excluding hydrogens is 280 g/mol. The number of nitrogens with one attached hydrogen (secondary N) is 2. The second-order valence-electron chi connectivity index (χ2n) is 5.21. The molecule has 7 nitrogen and oxygen atoms in total. The topological polar surface area (TPSA) is 83.0 Å². The van der Waals surface area contributed by atoms with Crippen molar-refractivity contribution in [2.24, 2.45) is 4.99 Å². The van der Waals surface area contributed by atoms with Crippen LogP contribution in [0.25, 0.3) is 0 Å². The van der Waals surface area contributed by atoms with Crippen LogP contribution in [0.5, 0.6) is 0 Å². The van der Waals surface area contributed by atoms with Gasteiger partial charge >= 0.3 is 0 Å². The van der Waals surface area contributed by atoms with E-state index in [1.54, 1.807) is 0 Å². The third kappa shape index (κ3) is 4.92. The lowest BCUT2D eigenvalue weighted by Gasteiger charge is -2.22. The Bertz CT molecular complexity index is 432. The fourth-order valence-electron chi connectivity index (χ4n) is 2.28. The number of guanidine groups is 1. The summed E-state index contributed by atoms with van der Waals surface area (Å²) >= 11 is 0. The van der Waals surface area contributed by atoms with Gasteiger partial charge < -0.3 is 15.0 Å². The highest BCUT2D eigenvalue weighted by atomic mass is 32.2. The highest BCUT2D eigenvalue weighted by Crippen LogP contribution is 2.11. The van der Waals surface area contributed by atoms with Crippen LogP contribution in [0.1, 0.15) is 19.3 Å². The van der Waals surface area contributed by atoms with Gasteiger partial charge in [0.05, 0.1) is 18.4 Å². The summed E-state index contributed by atoms with van der Waals surface area (Å²) in [5, 5.41) is 3.05. The molecular formula is C12H24N4O3S. The first kappa shape index (κ1) is 15.5. The molecule has 0 aromatic heterocycles. The normalized spacial score (nSPS) is 23.8. The Morgan fingerprint density at radius 1 is 1.45 bits per heavy atom. The fraction of sp³-hybridized carbons (Fsp3) is 0.917. The zero-order valence-corrected chi connectivity index (χ0v) is 12.8. The van der Waals surface area contributed by atoms with Crippen LogP contribution in [0.4, 0.5) is 0 Å². The Labute approximate surface area is 120 Å². The van der Waals surface area contributed by atoms with E-state index in [2.05, 4.69) is 15.0 Å². The summed E-state index contributed by atoms with van der Waals surface area (Å²) in [7, 11) is -1.32. The number of sulfonamides is 1. The standard InChI is InChI=1S/C12H24N4O3S/c1-16-7-5-13-12(16)14-6-9-20(17,18)15-10-11-4-2-3-8-19-11/h11,15H,2-10H2,1H3,(H,13,14). The van der Waals surface area contributed by atoms with Crippen LogP contribution in [0.15, 0.2) is 4.99 Å². The van der Waals surface area contributed by atoms with Crippen molar-refractivity contribution in [3.63, 3.8) is 0 Å². The number of likely N-dealkylation sites (N-methyl/N-ethyl adjacent to an activating group) is 1. The number of hydrogen-bond acceptors (Lipinski definition) is 6. The molecule has 1 unspecified atom stereocenters. The average molecular weight is 304 g/mol. The van der Waals surface area contributed by atoms with Crippen molar-refractivity contribution in [3.8, 4) is 0 Å². The summed E-state index contributed by atoms with van der Waals surface area (Å²) in [6.07, 6.45) is 3.14. The molecule has 0 spiro atoms. The molecule has 2 aliphatic rings. The summed E-state index contributed by atoms with van der Waals surface area (Å²) in [5.41, 5.74) is 0. The number of nitrogens with zero attached hydrogens (tertiary/aromatic N) is 2. The van der Waals surface area contributed by atoms with Gasteiger partial charge in [0.1, 0.15) is 0 Å². The van der Waals surface area contributed by atoms with Gasteiger partial charge in [0.25, 0.3) is 0 Å². The predicted octanol–water partition coefficient (Wildman–Crippen LogP) is -0.634. The Morgan fingerprint density at radius 2 is 2.30 bits per heavy atom. The first-order chi connectivity index (χ1) is 9.57. The van der Waals surface area contributed by atoms with E-state index in [9.17, 15) is 8.42 Å². The number of aliphatic imine (C=N–C) groups is 1. The summed E-state index contributed by atoms with van der Waals surface area (Å²) in [6.45, 7) is 3.13. The van der Waals surface area contributed by atoms with Gasteiger partial charge in [0.15, 0.2) is 5.96 Å². The molecule has 0 saturated carbocycles. The second kappa shape index (κ2) is 7.24. The van der Waals surface area contributed by atoms with Crippen molar-refractivity contribution in [2.75, 3.05) is 45.6 Å². The lowest BCUT2D eigenvalue weighted by atomic mass is 10.1. The van der Waals surface area contributed by atoms with Gasteiger partial charge in [0, 0.05) is 33.3 Å². The third-order valence-corrected chi connectivity index (χ3v) is 4.87. The number of rotatable bonds is 6. The fourth-order valence-corrected chi connectivity index (χ4v) is 3.24. The Balaban J connectivity index is 1.65. The molecule has 0 aromatic rings. The summed E-state index contributed by atoms with van der Waals surface area (Å²) in [5.74, 6) is 0.822. The quantitative estimate of drug-likeness (QED) is 0.682. The zero-order valence-electron chi connectivity index (χ0n) is 12.0. The van der Waals surface area contributed by atoms with Crippen LogP contribution in [0.2, 0.25) is 0 Å². The Hall–Kier alpha value is -0.860. The Kier molecular flexibility index (Phi) is 5.62. The molecule has 1 atom stereocenters. The van der Waals surface area contributed by atoms with Crippen molar-refractivity contribution in [2.45, 2.75) is 25.4 Å². The van der Waals surface area contributed by atoms with Crippen LogP contribution in [0, 0.1) is 0 Å². The third-order valence-electron chi connectivity index (χ3n) is 3.52. The van der Waals surface area contributed by atoms with E-state index < -0.39 is 10.0 Å². The molecule has 2 rings (SSSR count). The molecule has 1 saturated heterocycles. The molecule has 0 bridgehead atoms. The molecule has 0 aliphatic carbocycles. The van der Waals surface area contributed by atoms with E-state index in [1.165, 1.54) is 0 Å². The highest BCUT2D eigenvalue weighted by molar-refractivity contribution is 7.89. The van der Waals surface area contributed by atoms with E-state index in [0.717, 1.165) is 44.9 Å². The van der Waals surface area contributed by atoms with E-state index in [4.69, 9.17) is 4.74 Å². The first-order valence-electron chi connectivity index (χ1n) is 7.15. The minimum absolute atomic E-state index is 0.0248. The van der Waals surface area contributed by atoms with Gasteiger partial charge in [-0.25, -0.2) is 13.1 Å². The van der Waals surface area contributed by atoms with Crippen LogP contribution >= 0.6 is 0 Å². The lowest BCUT2D eigenvalue weighted by Crippen LogP contribution is -2.41. The van der Waals surface area contributed by atoms with Crippen molar-refractivity contribution in [3.05, 3.63) is 0 Å². The minimum Gasteiger partial charge on any atom is -0.377 e. The smallest absolute Gasteiger partial charge is 0.213 e.